The topological polar surface area (TPSA) is 164 Å². The summed E-state index contributed by atoms with van der Waals surface area (Å²) in [4.78, 5) is 55.8. The van der Waals surface area contributed by atoms with Crippen LogP contribution in [-0.4, -0.2) is 109 Å². The fraction of sp³-hybridized carbons (Fsp3) is 0.697. The molecule has 3 rings (SSSR count). The monoisotopic (exact) mass is 631 g/mol. The third-order valence-electron chi connectivity index (χ3n) is 9.15. The minimum Gasteiger partial charge on any atom is -0.386 e. The molecule has 7 unspecified atom stereocenters. The maximum atomic E-state index is 13.8. The molecule has 1 aliphatic carbocycles. The number of benzene rings is 1. The van der Waals surface area contributed by atoms with Gasteiger partial charge in [-0.3, -0.25) is 19.2 Å². The molecule has 12 nitrogen and oxygen atoms in total. The van der Waals surface area contributed by atoms with Crippen molar-refractivity contribution in [3.05, 3.63) is 35.9 Å². The Balaban J connectivity index is 1.65. The zero-order valence-corrected chi connectivity index (χ0v) is 27.8. The fourth-order valence-electron chi connectivity index (χ4n) is 6.28. The van der Waals surface area contributed by atoms with Crippen LogP contribution in [0.3, 0.4) is 0 Å². The average Bonchev–Trinajstić information content (AvgIpc) is 3.73. The predicted octanol–water partition coefficient (Wildman–Crippen LogP) is 1.36. The van der Waals surface area contributed by atoms with Crippen LogP contribution >= 0.6 is 0 Å². The van der Waals surface area contributed by atoms with E-state index in [4.69, 9.17) is 15.2 Å². The van der Waals surface area contributed by atoms with E-state index in [1.54, 1.807) is 58.8 Å². The van der Waals surface area contributed by atoms with Crippen molar-refractivity contribution in [3.63, 3.8) is 0 Å². The predicted molar refractivity (Wildman–Crippen MR) is 170 cm³/mol. The first kappa shape index (κ1) is 36.4. The molecule has 12 heteroatoms. The third kappa shape index (κ3) is 9.48. The van der Waals surface area contributed by atoms with Gasteiger partial charge in [0.2, 0.25) is 23.6 Å². The number of methoxy groups -OCH3 is 2. The van der Waals surface area contributed by atoms with Crippen molar-refractivity contribution < 1.29 is 33.8 Å². The molecule has 252 valence electrons. The number of aliphatic hydroxyl groups excluding tert-OH is 1. The molecule has 45 heavy (non-hydrogen) atoms. The molecular weight excluding hydrogens is 578 g/mol. The number of hydrogen-bond acceptors (Lipinski definition) is 8. The highest BCUT2D eigenvalue weighted by atomic mass is 16.5. The van der Waals surface area contributed by atoms with Gasteiger partial charge in [-0.1, -0.05) is 37.3 Å². The van der Waals surface area contributed by atoms with Crippen LogP contribution in [0.15, 0.2) is 30.3 Å². The van der Waals surface area contributed by atoms with Crippen LogP contribution in [0.4, 0.5) is 0 Å². The van der Waals surface area contributed by atoms with Gasteiger partial charge in [-0.05, 0) is 57.9 Å². The molecule has 4 amide bonds. The van der Waals surface area contributed by atoms with Crippen molar-refractivity contribution in [2.24, 2.45) is 17.6 Å². The summed E-state index contributed by atoms with van der Waals surface area (Å²) in [6, 6.07) is 7.98. The molecule has 1 aromatic carbocycles. The van der Waals surface area contributed by atoms with Crippen molar-refractivity contribution in [2.75, 3.05) is 34.4 Å². The lowest BCUT2D eigenvalue weighted by Crippen LogP contribution is -2.55. The van der Waals surface area contributed by atoms with Crippen LogP contribution in [0.5, 0.6) is 0 Å². The van der Waals surface area contributed by atoms with Gasteiger partial charge in [0.05, 0.1) is 60.9 Å². The number of likely N-dealkylation sites (N-methyl/N-ethyl adjacent to an activating group) is 1. The van der Waals surface area contributed by atoms with Crippen molar-refractivity contribution >= 4 is 23.6 Å². The Kier molecular flexibility index (Phi) is 12.9. The van der Waals surface area contributed by atoms with E-state index in [1.807, 2.05) is 30.3 Å². The van der Waals surface area contributed by atoms with E-state index < -0.39 is 41.7 Å². The summed E-state index contributed by atoms with van der Waals surface area (Å²) in [5.41, 5.74) is 5.44. The summed E-state index contributed by atoms with van der Waals surface area (Å²) >= 11 is 0. The molecule has 0 aromatic heterocycles. The summed E-state index contributed by atoms with van der Waals surface area (Å²) < 4.78 is 11.7. The van der Waals surface area contributed by atoms with Crippen molar-refractivity contribution in [1.82, 2.24) is 20.4 Å². The summed E-state index contributed by atoms with van der Waals surface area (Å²) in [5.74, 6) is -1.51. The summed E-state index contributed by atoms with van der Waals surface area (Å²) in [6.07, 6.45) is 1.37. The van der Waals surface area contributed by atoms with Gasteiger partial charge in [0.1, 0.15) is 0 Å². The highest BCUT2D eigenvalue weighted by Gasteiger charge is 2.45. The first-order valence-corrected chi connectivity index (χ1v) is 15.9. The van der Waals surface area contributed by atoms with Gasteiger partial charge in [-0.2, -0.15) is 0 Å². The molecule has 2 aliphatic rings. The number of nitrogens with one attached hydrogen (secondary N) is 2. The first-order valence-electron chi connectivity index (χ1n) is 15.9. The van der Waals surface area contributed by atoms with Crippen molar-refractivity contribution in [2.45, 2.75) is 102 Å². The maximum Gasteiger partial charge on any atom is 0.242 e. The molecule has 1 aromatic rings. The van der Waals surface area contributed by atoms with Crippen LogP contribution in [0.1, 0.15) is 71.5 Å². The molecule has 1 saturated carbocycles. The molecule has 0 spiro atoms. The zero-order valence-electron chi connectivity index (χ0n) is 27.8. The lowest BCUT2D eigenvalue weighted by molar-refractivity contribution is -0.145. The molecular formula is C33H53N5O7. The second kappa shape index (κ2) is 16.0. The molecule has 5 N–H and O–H groups in total. The van der Waals surface area contributed by atoms with Crippen LogP contribution in [0.2, 0.25) is 0 Å². The summed E-state index contributed by atoms with van der Waals surface area (Å²) in [5, 5.41) is 16.3. The Hall–Kier alpha value is -3.06. The summed E-state index contributed by atoms with van der Waals surface area (Å²) in [7, 11) is 4.77. The van der Waals surface area contributed by atoms with E-state index in [0.717, 1.165) is 19.3 Å². The normalized spacial score (nSPS) is 20.8. The molecule has 1 aliphatic heterocycles. The van der Waals surface area contributed by atoms with E-state index >= 15 is 0 Å². The molecule has 0 radical (unpaired) electrons. The standard InChI is InChI=1S/C33H53N5O7/c1-20(31(42)36-21(2)29(41)23-12-9-8-10-13-23)30(45-7)24-14-11-17-38(24)26(39)18-25(44-6)28(22-15-16-22)37(5)27(40)19-35-32(43)33(3,4)34/h8-10,12-13,20-22,24-25,28-30,41H,11,14-19,34H2,1-7H3,(H,35,43)(H,36,42). The van der Waals surface area contributed by atoms with Crippen LogP contribution < -0.4 is 16.4 Å². The molecule has 1 heterocycles. The van der Waals surface area contributed by atoms with Gasteiger partial charge in [0.25, 0.3) is 0 Å². The maximum absolute atomic E-state index is 13.8. The number of likely N-dealkylation sites (tertiary alicyclic amines) is 1. The summed E-state index contributed by atoms with van der Waals surface area (Å²) in [6.45, 7) is 7.00. The number of rotatable bonds is 16. The van der Waals surface area contributed by atoms with E-state index in [-0.39, 0.29) is 48.7 Å². The molecule has 1 saturated heterocycles. The Morgan fingerprint density at radius 3 is 2.29 bits per heavy atom. The SMILES string of the molecule is COC(CC(=O)N1CCCC1C(OC)C(C)C(=O)NC(C)C(O)c1ccccc1)C(C1CC1)N(C)C(=O)CNC(=O)C(C)(C)N. The van der Waals surface area contributed by atoms with Gasteiger partial charge in [-0.25, -0.2) is 0 Å². The van der Waals surface area contributed by atoms with E-state index in [0.29, 0.717) is 18.5 Å². The number of nitrogens with two attached hydrogens (primary N) is 1. The lowest BCUT2D eigenvalue weighted by atomic mass is 9.93. The van der Waals surface area contributed by atoms with E-state index in [9.17, 15) is 24.3 Å². The lowest BCUT2D eigenvalue weighted by Gasteiger charge is -2.37. The van der Waals surface area contributed by atoms with Gasteiger partial charge < -0.3 is 40.7 Å². The molecule has 7 atom stereocenters. The van der Waals surface area contributed by atoms with Gasteiger partial charge in [0.15, 0.2) is 0 Å². The van der Waals surface area contributed by atoms with Gasteiger partial charge >= 0.3 is 0 Å². The van der Waals surface area contributed by atoms with E-state index in [1.165, 1.54) is 0 Å². The minimum absolute atomic E-state index is 0.0608. The highest BCUT2D eigenvalue weighted by molar-refractivity contribution is 5.89. The van der Waals surface area contributed by atoms with Crippen LogP contribution in [0.25, 0.3) is 0 Å². The zero-order chi connectivity index (χ0) is 33.5. The second-order valence-corrected chi connectivity index (χ2v) is 13.2. The Labute approximate surface area is 267 Å². The number of nitrogens with zero attached hydrogens (tertiary/aromatic N) is 2. The highest BCUT2D eigenvalue weighted by Crippen LogP contribution is 2.38. The first-order chi connectivity index (χ1) is 21.2. The fourth-order valence-corrected chi connectivity index (χ4v) is 6.28. The Morgan fingerprint density at radius 1 is 1.09 bits per heavy atom. The number of amides is 4. The third-order valence-corrected chi connectivity index (χ3v) is 9.15. The molecule has 0 bridgehead atoms. The number of ether oxygens (including phenoxy) is 2. The number of carbonyl (C=O) groups excluding carboxylic acids is 4. The van der Waals surface area contributed by atoms with Crippen LogP contribution in [-0.2, 0) is 28.7 Å². The van der Waals surface area contributed by atoms with E-state index in [2.05, 4.69) is 10.6 Å². The van der Waals surface area contributed by atoms with Gasteiger partial charge in [-0.15, -0.1) is 0 Å². The smallest absolute Gasteiger partial charge is 0.242 e. The Bertz CT molecular complexity index is 1160. The largest absolute Gasteiger partial charge is 0.386 e. The van der Waals surface area contributed by atoms with Crippen molar-refractivity contribution in [1.29, 1.82) is 0 Å². The quantitative estimate of drug-likeness (QED) is 0.213. The Morgan fingerprint density at radius 2 is 1.73 bits per heavy atom. The van der Waals surface area contributed by atoms with Gasteiger partial charge in [0, 0.05) is 27.8 Å². The van der Waals surface area contributed by atoms with Crippen molar-refractivity contribution in [3.8, 4) is 0 Å². The number of aliphatic hydroxyl groups is 1. The number of hydrogen-bond donors (Lipinski definition) is 4. The van der Waals surface area contributed by atoms with Crippen LogP contribution in [0, 0.1) is 11.8 Å². The minimum atomic E-state index is -1.11. The average molecular weight is 632 g/mol. The second-order valence-electron chi connectivity index (χ2n) is 13.2. The molecule has 2 fully saturated rings. The number of carbonyl (C=O) groups is 4.